The van der Waals surface area contributed by atoms with E-state index in [0.29, 0.717) is 6.04 Å². The van der Waals surface area contributed by atoms with Gasteiger partial charge in [0.05, 0.1) is 5.69 Å². The monoisotopic (exact) mass is 430 g/mol. The maximum Gasteiger partial charge on any atom is 0.267 e. The molecule has 1 atom stereocenters. The second-order valence-corrected chi connectivity index (χ2v) is 8.23. The minimum Gasteiger partial charge on any atom is -0.323 e. The smallest absolute Gasteiger partial charge is 0.267 e. The van der Waals surface area contributed by atoms with Gasteiger partial charge in [0.15, 0.2) is 0 Å². The first-order valence-corrected chi connectivity index (χ1v) is 11.2. The fourth-order valence-electron chi connectivity index (χ4n) is 4.55. The molecule has 166 valence electrons. The first-order valence-electron chi connectivity index (χ1n) is 11.2. The zero-order valence-corrected chi connectivity index (χ0v) is 18.7. The van der Waals surface area contributed by atoms with Crippen LogP contribution in [0.2, 0.25) is 0 Å². The van der Waals surface area contributed by atoms with Gasteiger partial charge < -0.3 is 9.47 Å². The lowest BCUT2D eigenvalue weighted by Crippen LogP contribution is -2.36. The predicted molar refractivity (Wildman–Crippen MR) is 127 cm³/mol. The number of nitrogens with zero attached hydrogens (tertiary/aromatic N) is 3. The Morgan fingerprint density at radius 1 is 1.19 bits per heavy atom. The van der Waals surface area contributed by atoms with Gasteiger partial charge in [-0.2, -0.15) is 0 Å². The molecule has 1 aliphatic rings. The Balaban J connectivity index is 1.80. The summed E-state index contributed by atoms with van der Waals surface area (Å²) in [6, 6.07) is 18.7. The molecule has 1 aromatic heterocycles. The van der Waals surface area contributed by atoms with Crippen molar-refractivity contribution in [3.8, 4) is 22.6 Å². The van der Waals surface area contributed by atoms with Crippen molar-refractivity contribution in [3.63, 3.8) is 0 Å². The molecule has 0 saturated carbocycles. The number of piperidine rings is 1. The molecule has 2 heterocycles. The molecule has 1 unspecified atom stereocenters. The van der Waals surface area contributed by atoms with Gasteiger partial charge in [0, 0.05) is 35.5 Å². The molecule has 0 aliphatic carbocycles. The molecule has 6 nitrogen and oxygen atoms in total. The Labute approximate surface area is 189 Å². The minimum absolute atomic E-state index is 0.364. The summed E-state index contributed by atoms with van der Waals surface area (Å²) >= 11 is 0. The van der Waals surface area contributed by atoms with Crippen LogP contribution in [0.1, 0.15) is 37.1 Å². The quantitative estimate of drug-likeness (QED) is 0.338. The number of likely N-dealkylation sites (tertiary alicyclic amines) is 1. The predicted octanol–water partition coefficient (Wildman–Crippen LogP) is 4.70. The van der Waals surface area contributed by atoms with Crippen molar-refractivity contribution in [3.05, 3.63) is 71.9 Å². The van der Waals surface area contributed by atoms with Crippen molar-refractivity contribution in [1.82, 2.24) is 19.9 Å². The number of likely N-dealkylation sites (N-methyl/N-ethyl adjacent to an activating group) is 1. The summed E-state index contributed by atoms with van der Waals surface area (Å²) in [7, 11) is 0. The van der Waals surface area contributed by atoms with Gasteiger partial charge in [0.25, 0.3) is 5.91 Å². The van der Waals surface area contributed by atoms with Crippen molar-refractivity contribution in [2.75, 3.05) is 19.6 Å². The molecule has 1 aliphatic heterocycles. The number of carbonyl (C=O) groups is 1. The molecule has 4 rings (SSSR count). The standard InChI is InChI=1S/C26H30N4O2/c1-3-29-16-8-13-23(18-29)30-19(2)25(21-10-5-4-6-11-21)27-26(30)22-12-7-9-20(17-22)14-15-24(31)28-32/h4-7,9-12,14-15,17,23,32H,3,8,13,16,18H2,1-2H3,(H,28,31)/b15-14+. The van der Waals surface area contributed by atoms with Crippen molar-refractivity contribution in [2.24, 2.45) is 0 Å². The highest BCUT2D eigenvalue weighted by atomic mass is 16.5. The van der Waals surface area contributed by atoms with Crippen LogP contribution >= 0.6 is 0 Å². The first kappa shape index (κ1) is 22.0. The first-order chi connectivity index (χ1) is 15.6. The van der Waals surface area contributed by atoms with Crippen LogP contribution in [0.15, 0.2) is 60.7 Å². The van der Waals surface area contributed by atoms with Gasteiger partial charge in [-0.1, -0.05) is 55.5 Å². The topological polar surface area (TPSA) is 70.4 Å². The third-order valence-corrected chi connectivity index (χ3v) is 6.17. The van der Waals surface area contributed by atoms with Crippen LogP contribution in [-0.2, 0) is 4.79 Å². The highest BCUT2D eigenvalue weighted by molar-refractivity contribution is 5.91. The summed E-state index contributed by atoms with van der Waals surface area (Å²) in [4.78, 5) is 19.0. The van der Waals surface area contributed by atoms with E-state index in [-0.39, 0.29) is 0 Å². The third kappa shape index (κ3) is 4.66. The van der Waals surface area contributed by atoms with Gasteiger partial charge in [-0.3, -0.25) is 10.0 Å². The average Bonchev–Trinajstić information content (AvgIpc) is 3.20. The second-order valence-electron chi connectivity index (χ2n) is 8.23. The summed E-state index contributed by atoms with van der Waals surface area (Å²) in [5.74, 6) is 0.395. The molecule has 1 fully saturated rings. The van der Waals surface area contributed by atoms with Crippen molar-refractivity contribution >= 4 is 12.0 Å². The number of hydrogen-bond acceptors (Lipinski definition) is 4. The van der Waals surface area contributed by atoms with E-state index in [1.165, 1.54) is 18.2 Å². The molecule has 2 aromatic carbocycles. The third-order valence-electron chi connectivity index (χ3n) is 6.17. The average molecular weight is 431 g/mol. The van der Waals surface area contributed by atoms with Gasteiger partial charge in [-0.25, -0.2) is 10.5 Å². The van der Waals surface area contributed by atoms with E-state index in [4.69, 9.17) is 10.2 Å². The Kier molecular flexibility index (Phi) is 6.83. The zero-order chi connectivity index (χ0) is 22.5. The van der Waals surface area contributed by atoms with Gasteiger partial charge >= 0.3 is 0 Å². The summed E-state index contributed by atoms with van der Waals surface area (Å²) in [5, 5.41) is 8.74. The van der Waals surface area contributed by atoms with E-state index in [1.807, 2.05) is 36.4 Å². The van der Waals surface area contributed by atoms with E-state index in [2.05, 4.69) is 41.5 Å². The summed E-state index contributed by atoms with van der Waals surface area (Å²) in [5.41, 5.74) is 6.81. The SMILES string of the molecule is CCN1CCCC(n2c(-c3cccc(/C=C/C(=O)NO)c3)nc(-c3ccccc3)c2C)C1. The van der Waals surface area contributed by atoms with Gasteiger partial charge in [0.2, 0.25) is 0 Å². The largest absolute Gasteiger partial charge is 0.323 e. The van der Waals surface area contributed by atoms with Crippen molar-refractivity contribution in [2.45, 2.75) is 32.7 Å². The van der Waals surface area contributed by atoms with Crippen LogP contribution in [0.25, 0.3) is 28.7 Å². The molecule has 3 aromatic rings. The van der Waals surface area contributed by atoms with Crippen LogP contribution in [0.3, 0.4) is 0 Å². The lowest BCUT2D eigenvalue weighted by atomic mass is 10.0. The zero-order valence-electron chi connectivity index (χ0n) is 18.7. The van der Waals surface area contributed by atoms with Crippen LogP contribution in [0.5, 0.6) is 0 Å². The van der Waals surface area contributed by atoms with Crippen LogP contribution in [0, 0.1) is 6.92 Å². The molecular weight excluding hydrogens is 400 g/mol. The number of hydroxylamine groups is 1. The number of aromatic nitrogens is 2. The molecule has 0 bridgehead atoms. The van der Waals surface area contributed by atoms with Gasteiger partial charge in [0.1, 0.15) is 5.82 Å². The normalized spacial score (nSPS) is 17.0. The molecule has 6 heteroatoms. The number of amides is 1. The summed E-state index contributed by atoms with van der Waals surface area (Å²) < 4.78 is 2.41. The maximum atomic E-state index is 11.4. The Morgan fingerprint density at radius 2 is 1.97 bits per heavy atom. The van der Waals surface area contributed by atoms with Gasteiger partial charge in [-0.05, 0) is 50.6 Å². The van der Waals surface area contributed by atoms with Crippen LogP contribution in [0.4, 0.5) is 0 Å². The number of nitrogens with one attached hydrogen (secondary N) is 1. The van der Waals surface area contributed by atoms with E-state index in [0.717, 1.165) is 54.3 Å². The highest BCUT2D eigenvalue weighted by Gasteiger charge is 2.26. The van der Waals surface area contributed by atoms with E-state index >= 15 is 0 Å². The van der Waals surface area contributed by atoms with Crippen molar-refractivity contribution < 1.29 is 10.0 Å². The summed E-state index contributed by atoms with van der Waals surface area (Å²) in [6.07, 6.45) is 5.31. The Morgan fingerprint density at radius 3 is 2.72 bits per heavy atom. The number of hydrogen-bond donors (Lipinski definition) is 2. The van der Waals surface area contributed by atoms with Gasteiger partial charge in [-0.15, -0.1) is 0 Å². The summed E-state index contributed by atoms with van der Waals surface area (Å²) in [6.45, 7) is 7.61. The second kappa shape index (κ2) is 9.94. The maximum absolute atomic E-state index is 11.4. The number of rotatable bonds is 6. The Hall–Kier alpha value is -3.22. The molecule has 0 radical (unpaired) electrons. The Bertz CT molecular complexity index is 1100. The minimum atomic E-state index is -0.555. The van der Waals surface area contributed by atoms with Crippen molar-refractivity contribution in [1.29, 1.82) is 0 Å². The number of carbonyl (C=O) groups excluding carboxylic acids is 1. The lowest BCUT2D eigenvalue weighted by Gasteiger charge is -2.34. The molecule has 1 amide bonds. The molecule has 32 heavy (non-hydrogen) atoms. The molecule has 0 spiro atoms. The number of benzene rings is 2. The number of imidazole rings is 1. The molecular formula is C26H30N4O2. The highest BCUT2D eigenvalue weighted by Crippen LogP contribution is 2.35. The van der Waals surface area contributed by atoms with E-state index < -0.39 is 5.91 Å². The molecule has 2 N–H and O–H groups in total. The fourth-order valence-corrected chi connectivity index (χ4v) is 4.55. The lowest BCUT2D eigenvalue weighted by molar-refractivity contribution is -0.124. The van der Waals surface area contributed by atoms with Crippen LogP contribution < -0.4 is 5.48 Å². The fraction of sp³-hybridized carbons (Fsp3) is 0.308. The van der Waals surface area contributed by atoms with E-state index in [1.54, 1.807) is 11.6 Å². The van der Waals surface area contributed by atoms with E-state index in [9.17, 15) is 4.79 Å². The van der Waals surface area contributed by atoms with Crippen LogP contribution in [-0.4, -0.2) is 45.2 Å². The molecule has 1 saturated heterocycles.